The Morgan fingerprint density at radius 3 is 1.27 bits per heavy atom. The zero-order valence-corrected chi connectivity index (χ0v) is 50.3. The summed E-state index contributed by atoms with van der Waals surface area (Å²) in [6, 6.07) is 59.7. The Morgan fingerprint density at radius 1 is 0.325 bits per heavy atom. The van der Waals surface area contributed by atoms with Crippen molar-refractivity contribution in [2.45, 2.75) is 156 Å². The fourth-order valence-corrected chi connectivity index (χ4v) is 15.6. The Kier molecular flexibility index (Phi) is 10.4. The van der Waals surface area contributed by atoms with E-state index in [0.29, 0.717) is 0 Å². The van der Waals surface area contributed by atoms with E-state index in [2.05, 4.69) is 289 Å². The van der Waals surface area contributed by atoms with E-state index >= 15 is 0 Å². The number of anilines is 8. The van der Waals surface area contributed by atoms with Crippen LogP contribution in [0.25, 0.3) is 22.3 Å². The zero-order chi connectivity index (χ0) is 56.2. The normalized spacial score (nSPS) is 18.3. The number of benzene rings is 8. The fraction of sp³-hybridized carbons (Fsp3) is 0.325. The zero-order valence-electron chi connectivity index (χ0n) is 50.3. The minimum atomic E-state index is -0.414. The molecule has 0 saturated heterocycles. The van der Waals surface area contributed by atoms with Gasteiger partial charge in [-0.1, -0.05) is 213 Å². The predicted molar refractivity (Wildman–Crippen MR) is 339 cm³/mol. The predicted octanol–water partition coefficient (Wildman–Crippen LogP) is 21.2. The molecule has 0 spiro atoms. The first-order chi connectivity index (χ1) is 37.7. The summed E-state index contributed by atoms with van der Waals surface area (Å²) in [6.07, 6.45) is 6.87. The molecule has 3 aliphatic heterocycles. The first kappa shape index (κ1) is 50.8. The molecule has 0 bridgehead atoms. The van der Waals surface area contributed by atoms with Gasteiger partial charge in [0, 0.05) is 61.2 Å². The standard InChI is InChI=1S/C77H79N3/c1-71(2,3)46-28-32-48(33-29-46)78(50-37-39-60-57(40-50)55-23-18-20-25-59(55)73(60,7)8)52-42-64-69-66(44-52)77(15,16)67-45-53(43-65-70(67)80(69)68-61(75(64,11)12)26-21-27-62(68)76(65,13)14)79(49-34-30-47(31-35-49)72(4,5)6)51-36-38-56-54-22-17-19-24-58(54)74(9,10)63(56)41-51/h17-28,30-32,34-45H,29,33H2,1-16H3. The molecule has 0 radical (unpaired) electrons. The molecular formula is C77H79N3. The van der Waals surface area contributed by atoms with Gasteiger partial charge in [0.25, 0.3) is 0 Å². The molecule has 0 amide bonds. The van der Waals surface area contributed by atoms with E-state index in [-0.39, 0.29) is 32.5 Å². The first-order valence-electron chi connectivity index (χ1n) is 29.6. The lowest BCUT2D eigenvalue weighted by atomic mass is 9.60. The highest BCUT2D eigenvalue weighted by molar-refractivity contribution is 6.01. The molecule has 6 aliphatic rings. The molecule has 0 aromatic heterocycles. The third-order valence-electron chi connectivity index (χ3n) is 20.5. The Bertz CT molecular complexity index is 4060. The van der Waals surface area contributed by atoms with Crippen LogP contribution in [0.3, 0.4) is 0 Å². The fourth-order valence-electron chi connectivity index (χ4n) is 15.6. The third-order valence-corrected chi connectivity index (χ3v) is 20.5. The SMILES string of the molecule is CC(C)(C)C1=CC=C(N(c2ccc3c(c2)-c2ccccc2C3(C)C)c2cc3c4c(c2)C(C)(C)c2cc(N(c5ccc(C(C)(C)C)cc5)c5ccc6c(c5)C(C)(C)c5ccccc5-6)cc5c2N4c2c(cccc2C5(C)C)C3(C)C)CC1. The number of hydrogen-bond donors (Lipinski definition) is 0. The summed E-state index contributed by atoms with van der Waals surface area (Å²) in [4.78, 5) is 7.96. The van der Waals surface area contributed by atoms with Crippen molar-refractivity contribution < 1.29 is 0 Å². The first-order valence-corrected chi connectivity index (χ1v) is 29.6. The Hall–Kier alpha value is -7.36. The van der Waals surface area contributed by atoms with Crippen molar-refractivity contribution in [3.8, 4) is 22.3 Å². The van der Waals surface area contributed by atoms with Gasteiger partial charge in [0.05, 0.1) is 17.1 Å². The van der Waals surface area contributed by atoms with Gasteiger partial charge in [0.15, 0.2) is 0 Å². The lowest BCUT2D eigenvalue weighted by Crippen LogP contribution is -2.44. The molecule has 14 rings (SSSR count). The number of fused-ring (bicyclic) bond motifs is 6. The maximum atomic E-state index is 2.74. The van der Waals surface area contributed by atoms with Crippen molar-refractivity contribution in [1.29, 1.82) is 0 Å². The van der Waals surface area contributed by atoms with Crippen molar-refractivity contribution in [3.63, 3.8) is 0 Å². The van der Waals surface area contributed by atoms with E-state index < -0.39 is 5.41 Å². The van der Waals surface area contributed by atoms with Gasteiger partial charge >= 0.3 is 0 Å². The summed E-state index contributed by atoms with van der Waals surface area (Å²) >= 11 is 0. The van der Waals surface area contributed by atoms with E-state index in [1.807, 2.05) is 0 Å². The second kappa shape index (κ2) is 16.4. The van der Waals surface area contributed by atoms with Gasteiger partial charge in [-0.05, 0) is 174 Å². The third kappa shape index (κ3) is 6.91. The van der Waals surface area contributed by atoms with Crippen molar-refractivity contribution >= 4 is 45.5 Å². The number of rotatable bonds is 6. The molecular weight excluding hydrogens is 967 g/mol. The van der Waals surface area contributed by atoms with Crippen LogP contribution in [-0.2, 0) is 32.5 Å². The second-order valence-corrected chi connectivity index (χ2v) is 29.1. The lowest BCUT2D eigenvalue weighted by Gasteiger charge is -2.55. The molecule has 402 valence electrons. The van der Waals surface area contributed by atoms with Crippen LogP contribution >= 0.6 is 0 Å². The molecule has 0 N–H and O–H groups in total. The van der Waals surface area contributed by atoms with Crippen LogP contribution in [0.5, 0.6) is 0 Å². The van der Waals surface area contributed by atoms with Gasteiger partial charge in [-0.3, -0.25) is 0 Å². The molecule has 8 aromatic rings. The number of para-hydroxylation sites is 1. The average molecular weight is 1050 g/mol. The van der Waals surface area contributed by atoms with Crippen LogP contribution in [0, 0.1) is 5.41 Å². The van der Waals surface area contributed by atoms with E-state index in [1.165, 1.54) is 135 Å². The summed E-state index contributed by atoms with van der Waals surface area (Å²) in [6.45, 7) is 38.6. The molecule has 3 heteroatoms. The average Bonchev–Trinajstić information content (AvgIpc) is 2.24. The van der Waals surface area contributed by atoms with Gasteiger partial charge < -0.3 is 14.7 Å². The van der Waals surface area contributed by atoms with Crippen LogP contribution in [0.2, 0.25) is 0 Å². The number of nitrogens with zero attached hydrogens (tertiary/aromatic N) is 3. The summed E-state index contributed by atoms with van der Waals surface area (Å²) in [5.41, 5.74) is 32.3. The van der Waals surface area contributed by atoms with Gasteiger partial charge in [0.2, 0.25) is 0 Å². The van der Waals surface area contributed by atoms with Crippen molar-refractivity contribution in [2.24, 2.45) is 5.41 Å². The quantitative estimate of drug-likeness (QED) is 0.164. The van der Waals surface area contributed by atoms with Crippen molar-refractivity contribution in [1.82, 2.24) is 0 Å². The molecule has 8 aromatic carbocycles. The van der Waals surface area contributed by atoms with Crippen LogP contribution < -0.4 is 14.7 Å². The lowest BCUT2D eigenvalue weighted by molar-refractivity contribution is 0.479. The molecule has 0 saturated carbocycles. The molecule has 80 heavy (non-hydrogen) atoms. The van der Waals surface area contributed by atoms with Crippen LogP contribution in [0.15, 0.2) is 175 Å². The Labute approximate surface area is 477 Å². The van der Waals surface area contributed by atoms with E-state index in [9.17, 15) is 0 Å². The monoisotopic (exact) mass is 1050 g/mol. The van der Waals surface area contributed by atoms with E-state index in [0.717, 1.165) is 18.5 Å². The topological polar surface area (TPSA) is 9.72 Å². The Balaban J connectivity index is 1.02. The summed E-state index contributed by atoms with van der Waals surface area (Å²) in [5.74, 6) is 0. The van der Waals surface area contributed by atoms with Crippen molar-refractivity contribution in [2.75, 3.05) is 14.7 Å². The highest BCUT2D eigenvalue weighted by atomic mass is 15.2. The molecule has 3 nitrogen and oxygen atoms in total. The van der Waals surface area contributed by atoms with Crippen molar-refractivity contribution in [3.05, 3.63) is 236 Å². The maximum Gasteiger partial charge on any atom is 0.0545 e. The van der Waals surface area contributed by atoms with Crippen LogP contribution in [0.4, 0.5) is 45.5 Å². The smallest absolute Gasteiger partial charge is 0.0545 e. The molecule has 0 atom stereocenters. The maximum absolute atomic E-state index is 2.74. The van der Waals surface area contributed by atoms with E-state index in [4.69, 9.17) is 0 Å². The van der Waals surface area contributed by atoms with Gasteiger partial charge in [-0.2, -0.15) is 0 Å². The highest BCUT2D eigenvalue weighted by Gasteiger charge is 2.53. The van der Waals surface area contributed by atoms with Gasteiger partial charge in [-0.15, -0.1) is 0 Å². The highest BCUT2D eigenvalue weighted by Crippen LogP contribution is 2.68. The minimum Gasteiger partial charge on any atom is -0.314 e. The van der Waals surface area contributed by atoms with Gasteiger partial charge in [-0.25, -0.2) is 0 Å². The number of allylic oxidation sites excluding steroid dienone is 4. The van der Waals surface area contributed by atoms with Crippen LogP contribution in [-0.4, -0.2) is 0 Å². The molecule has 3 aliphatic carbocycles. The summed E-state index contributed by atoms with van der Waals surface area (Å²) in [5, 5.41) is 0. The van der Waals surface area contributed by atoms with Crippen LogP contribution in [0.1, 0.15) is 185 Å². The summed E-state index contributed by atoms with van der Waals surface area (Å²) in [7, 11) is 0. The second-order valence-electron chi connectivity index (χ2n) is 29.1. The molecule has 0 fully saturated rings. The molecule has 3 heterocycles. The Morgan fingerprint density at radius 2 is 0.738 bits per heavy atom. The number of hydrogen-bond acceptors (Lipinski definition) is 3. The minimum absolute atomic E-state index is 0.0230. The summed E-state index contributed by atoms with van der Waals surface area (Å²) < 4.78 is 0. The van der Waals surface area contributed by atoms with Gasteiger partial charge in [0.1, 0.15) is 0 Å². The van der Waals surface area contributed by atoms with E-state index in [1.54, 1.807) is 0 Å². The largest absolute Gasteiger partial charge is 0.314 e. The molecule has 0 unspecified atom stereocenters.